The van der Waals surface area contributed by atoms with E-state index in [1.54, 1.807) is 0 Å². The molecule has 0 saturated carbocycles. The minimum absolute atomic E-state index is 0.823. The Hall–Kier alpha value is -1.55. The Bertz CT molecular complexity index is 480. The number of anilines is 1. The number of hydrogen-bond donors (Lipinski definition) is 1. The van der Waals surface area contributed by atoms with Crippen LogP contribution < -0.4 is 4.90 Å². The lowest BCUT2D eigenvalue weighted by atomic mass is 10.1. The summed E-state index contributed by atoms with van der Waals surface area (Å²) in [6.45, 7) is 5.75. The van der Waals surface area contributed by atoms with Crippen molar-refractivity contribution in [2.45, 2.75) is 25.7 Å². The van der Waals surface area contributed by atoms with E-state index in [2.05, 4.69) is 33.2 Å². The first kappa shape index (κ1) is 13.4. The van der Waals surface area contributed by atoms with Crippen molar-refractivity contribution in [3.8, 4) is 0 Å². The first-order chi connectivity index (χ1) is 9.88. The van der Waals surface area contributed by atoms with Crippen LogP contribution in [0.3, 0.4) is 0 Å². The third kappa shape index (κ3) is 2.80. The summed E-state index contributed by atoms with van der Waals surface area (Å²) >= 11 is 0. The number of para-hydroxylation sites is 1. The molecule has 1 saturated heterocycles. The van der Waals surface area contributed by atoms with E-state index in [-0.39, 0.29) is 0 Å². The first-order valence-corrected chi connectivity index (χ1v) is 7.66. The highest BCUT2D eigenvalue weighted by atomic mass is 16.4. The predicted molar refractivity (Wildman–Crippen MR) is 81.9 cm³/mol. The molecule has 2 heterocycles. The van der Waals surface area contributed by atoms with E-state index in [4.69, 9.17) is 0 Å². The van der Waals surface area contributed by atoms with Crippen molar-refractivity contribution in [3.63, 3.8) is 0 Å². The van der Waals surface area contributed by atoms with Crippen LogP contribution in [0.25, 0.3) is 0 Å². The van der Waals surface area contributed by atoms with E-state index in [0.717, 1.165) is 43.8 Å². The third-order valence-electron chi connectivity index (χ3n) is 4.40. The van der Waals surface area contributed by atoms with Crippen LogP contribution >= 0.6 is 0 Å². The van der Waals surface area contributed by atoms with E-state index in [0.29, 0.717) is 0 Å². The molecule has 0 aliphatic carbocycles. The number of hydrogen-bond acceptors (Lipinski definition) is 4. The molecule has 0 bridgehead atoms. The molecule has 1 aromatic rings. The normalized spacial score (nSPS) is 22.0. The molecule has 2 aliphatic rings. The highest BCUT2D eigenvalue weighted by molar-refractivity contribution is 6.05. The van der Waals surface area contributed by atoms with E-state index in [1.807, 2.05) is 6.07 Å². The minimum Gasteiger partial charge on any atom is -0.411 e. The van der Waals surface area contributed by atoms with E-state index < -0.39 is 0 Å². The largest absolute Gasteiger partial charge is 0.411 e. The lowest BCUT2D eigenvalue weighted by molar-refractivity contribution is 0.318. The van der Waals surface area contributed by atoms with Crippen molar-refractivity contribution in [1.29, 1.82) is 0 Å². The molecule has 0 amide bonds. The number of likely N-dealkylation sites (tertiary alicyclic amines) is 1. The molecule has 0 spiro atoms. The number of nitrogens with zero attached hydrogens (tertiary/aromatic N) is 3. The van der Waals surface area contributed by atoms with Crippen LogP contribution in [0.5, 0.6) is 0 Å². The summed E-state index contributed by atoms with van der Waals surface area (Å²) in [6.07, 6.45) is 4.59. The summed E-state index contributed by atoms with van der Waals surface area (Å²) < 4.78 is 0. The standard InChI is InChI=1S/C16H23N3O/c20-17-15-7-5-11-19(13-12-18-9-3-4-10-18)16-8-2-1-6-14(15)16/h1-2,6,8,20H,3-5,7,9-13H2/b17-15-. The molecular formula is C16H23N3O. The molecule has 1 fully saturated rings. The van der Waals surface area contributed by atoms with Gasteiger partial charge in [0.1, 0.15) is 0 Å². The molecule has 1 N–H and O–H groups in total. The summed E-state index contributed by atoms with van der Waals surface area (Å²) in [7, 11) is 0. The fourth-order valence-electron chi connectivity index (χ4n) is 3.29. The zero-order chi connectivity index (χ0) is 13.8. The van der Waals surface area contributed by atoms with Gasteiger partial charge in [0.25, 0.3) is 0 Å². The lowest BCUT2D eigenvalue weighted by Crippen LogP contribution is -2.34. The Morgan fingerprint density at radius 2 is 1.80 bits per heavy atom. The Balaban J connectivity index is 1.76. The van der Waals surface area contributed by atoms with Crippen LogP contribution in [0, 0.1) is 0 Å². The zero-order valence-corrected chi connectivity index (χ0v) is 12.0. The van der Waals surface area contributed by atoms with Gasteiger partial charge in [0.05, 0.1) is 5.71 Å². The molecule has 4 nitrogen and oxygen atoms in total. The van der Waals surface area contributed by atoms with Crippen LogP contribution in [-0.2, 0) is 0 Å². The maximum atomic E-state index is 9.21. The summed E-state index contributed by atoms with van der Waals surface area (Å²) in [5.74, 6) is 0. The molecule has 2 aliphatic heterocycles. The average molecular weight is 273 g/mol. The molecule has 1 aromatic carbocycles. The van der Waals surface area contributed by atoms with E-state index >= 15 is 0 Å². The van der Waals surface area contributed by atoms with Crippen LogP contribution in [0.1, 0.15) is 31.2 Å². The lowest BCUT2D eigenvalue weighted by Gasteiger charge is -2.27. The van der Waals surface area contributed by atoms with Gasteiger partial charge >= 0.3 is 0 Å². The molecular weight excluding hydrogens is 250 g/mol. The summed E-state index contributed by atoms with van der Waals surface area (Å²) in [5, 5.41) is 12.7. The highest BCUT2D eigenvalue weighted by Crippen LogP contribution is 2.26. The molecule has 0 atom stereocenters. The van der Waals surface area contributed by atoms with Crippen LogP contribution in [0.15, 0.2) is 29.4 Å². The Morgan fingerprint density at radius 3 is 2.60 bits per heavy atom. The van der Waals surface area contributed by atoms with Gasteiger partial charge < -0.3 is 15.0 Å². The minimum atomic E-state index is 0.823. The summed E-state index contributed by atoms with van der Waals surface area (Å²) in [4.78, 5) is 5.00. The number of fused-ring (bicyclic) bond motifs is 1. The second kappa shape index (κ2) is 6.27. The van der Waals surface area contributed by atoms with Crippen LogP contribution in [0.2, 0.25) is 0 Å². The van der Waals surface area contributed by atoms with E-state index in [1.165, 1.54) is 31.6 Å². The van der Waals surface area contributed by atoms with Crippen LogP contribution in [0.4, 0.5) is 5.69 Å². The van der Waals surface area contributed by atoms with Gasteiger partial charge in [-0.05, 0) is 44.8 Å². The predicted octanol–water partition coefficient (Wildman–Crippen LogP) is 2.56. The van der Waals surface area contributed by atoms with Gasteiger partial charge in [0, 0.05) is 30.9 Å². The maximum Gasteiger partial charge on any atom is 0.0889 e. The SMILES string of the molecule is O/N=C1/CCCN(CCN2CCCC2)c2ccccc21. The zero-order valence-electron chi connectivity index (χ0n) is 12.0. The average Bonchev–Trinajstić information content (AvgIpc) is 2.94. The quantitative estimate of drug-likeness (QED) is 0.679. The van der Waals surface area contributed by atoms with Gasteiger partial charge in [-0.1, -0.05) is 23.4 Å². The molecule has 108 valence electrons. The first-order valence-electron chi connectivity index (χ1n) is 7.66. The van der Waals surface area contributed by atoms with Gasteiger partial charge in [-0.25, -0.2) is 0 Å². The Kier molecular flexibility index (Phi) is 4.21. The summed E-state index contributed by atoms with van der Waals surface area (Å²) in [5.41, 5.74) is 3.13. The van der Waals surface area contributed by atoms with Crippen molar-refractivity contribution < 1.29 is 5.21 Å². The van der Waals surface area contributed by atoms with Crippen molar-refractivity contribution in [2.24, 2.45) is 5.16 Å². The third-order valence-corrected chi connectivity index (χ3v) is 4.40. The van der Waals surface area contributed by atoms with Gasteiger partial charge in [-0.3, -0.25) is 0 Å². The van der Waals surface area contributed by atoms with Gasteiger partial charge in [-0.2, -0.15) is 0 Å². The number of benzene rings is 1. The molecule has 4 heteroatoms. The fraction of sp³-hybridized carbons (Fsp3) is 0.562. The fourth-order valence-corrected chi connectivity index (χ4v) is 3.29. The smallest absolute Gasteiger partial charge is 0.0889 e. The second-order valence-corrected chi connectivity index (χ2v) is 5.70. The highest BCUT2D eigenvalue weighted by Gasteiger charge is 2.20. The van der Waals surface area contributed by atoms with Crippen molar-refractivity contribution in [1.82, 2.24) is 4.90 Å². The monoisotopic (exact) mass is 273 g/mol. The van der Waals surface area contributed by atoms with Crippen LogP contribution in [-0.4, -0.2) is 48.5 Å². The molecule has 0 aromatic heterocycles. The molecule has 20 heavy (non-hydrogen) atoms. The molecule has 0 radical (unpaired) electrons. The van der Waals surface area contributed by atoms with Gasteiger partial charge in [0.15, 0.2) is 0 Å². The Morgan fingerprint density at radius 1 is 1.00 bits per heavy atom. The molecule has 3 rings (SSSR count). The summed E-state index contributed by atoms with van der Waals surface area (Å²) in [6, 6.07) is 8.31. The van der Waals surface area contributed by atoms with Gasteiger partial charge in [-0.15, -0.1) is 0 Å². The topological polar surface area (TPSA) is 39.1 Å². The van der Waals surface area contributed by atoms with Crippen molar-refractivity contribution in [3.05, 3.63) is 29.8 Å². The second-order valence-electron chi connectivity index (χ2n) is 5.70. The van der Waals surface area contributed by atoms with Crippen molar-refractivity contribution in [2.75, 3.05) is 37.6 Å². The molecule has 0 unspecified atom stereocenters. The van der Waals surface area contributed by atoms with Crippen molar-refractivity contribution >= 4 is 11.4 Å². The maximum absolute atomic E-state index is 9.21. The van der Waals surface area contributed by atoms with Gasteiger partial charge in [0.2, 0.25) is 0 Å². The Labute approximate surface area is 120 Å². The number of oxime groups is 1. The van der Waals surface area contributed by atoms with E-state index in [9.17, 15) is 5.21 Å². The number of rotatable bonds is 3.